The third-order valence-electron chi connectivity index (χ3n) is 2.34. The number of rotatable bonds is 5. The monoisotopic (exact) mass is 234 g/mol. The van der Waals surface area contributed by atoms with Crippen LogP contribution in [-0.2, 0) is 16.1 Å². The molecule has 4 heteroatoms. The van der Waals surface area contributed by atoms with Crippen LogP contribution in [0.1, 0.15) is 18.3 Å². The third-order valence-corrected chi connectivity index (χ3v) is 2.34. The molecule has 0 unspecified atom stereocenters. The Morgan fingerprint density at radius 2 is 2.29 bits per heavy atom. The van der Waals surface area contributed by atoms with Gasteiger partial charge in [0.15, 0.2) is 0 Å². The fourth-order valence-electron chi connectivity index (χ4n) is 1.40. The molecule has 0 aliphatic rings. The van der Waals surface area contributed by atoms with Crippen LogP contribution in [0.4, 0.5) is 0 Å². The van der Waals surface area contributed by atoms with Crippen LogP contribution in [0.2, 0.25) is 0 Å². The third kappa shape index (κ3) is 4.68. The summed E-state index contributed by atoms with van der Waals surface area (Å²) in [7, 11) is 1.37. The van der Waals surface area contributed by atoms with Crippen molar-refractivity contribution in [1.82, 2.24) is 9.88 Å². The van der Waals surface area contributed by atoms with Gasteiger partial charge in [0.1, 0.15) is 0 Å². The summed E-state index contributed by atoms with van der Waals surface area (Å²) < 4.78 is 4.55. The Balaban J connectivity index is 2.64. The lowest BCUT2D eigenvalue weighted by molar-refractivity contribution is -0.134. The maximum Gasteiger partial charge on any atom is 0.331 e. The minimum absolute atomic E-state index is 0.347. The van der Waals surface area contributed by atoms with Crippen LogP contribution in [0.15, 0.2) is 30.5 Å². The van der Waals surface area contributed by atoms with Crippen LogP contribution in [0.3, 0.4) is 0 Å². The molecule has 1 heterocycles. The van der Waals surface area contributed by atoms with Crippen molar-refractivity contribution in [3.8, 4) is 0 Å². The SMILES string of the molecule is CCN(C=CC(=O)OC)Cc1cccc(C)n1. The number of ether oxygens (including phenoxy) is 1. The van der Waals surface area contributed by atoms with Gasteiger partial charge in [-0.25, -0.2) is 4.79 Å². The van der Waals surface area contributed by atoms with Crippen molar-refractivity contribution >= 4 is 5.97 Å². The van der Waals surface area contributed by atoms with Crippen molar-refractivity contribution in [3.63, 3.8) is 0 Å². The van der Waals surface area contributed by atoms with Gasteiger partial charge in [-0.15, -0.1) is 0 Å². The van der Waals surface area contributed by atoms with E-state index in [0.29, 0.717) is 6.54 Å². The molecule has 1 aromatic rings. The molecular weight excluding hydrogens is 216 g/mol. The lowest BCUT2D eigenvalue weighted by Crippen LogP contribution is -2.17. The van der Waals surface area contributed by atoms with Crippen LogP contribution in [0.5, 0.6) is 0 Å². The number of hydrogen-bond acceptors (Lipinski definition) is 4. The molecule has 0 saturated carbocycles. The minimum atomic E-state index is -0.347. The number of aryl methyl sites for hydroxylation is 1. The molecule has 0 fully saturated rings. The second kappa shape index (κ2) is 6.68. The molecule has 17 heavy (non-hydrogen) atoms. The van der Waals surface area contributed by atoms with Crippen LogP contribution in [0.25, 0.3) is 0 Å². The highest BCUT2D eigenvalue weighted by Gasteiger charge is 2.01. The molecule has 4 nitrogen and oxygen atoms in total. The van der Waals surface area contributed by atoms with Crippen molar-refractivity contribution in [2.24, 2.45) is 0 Å². The molecular formula is C13H18N2O2. The lowest BCUT2D eigenvalue weighted by atomic mass is 10.3. The van der Waals surface area contributed by atoms with E-state index in [4.69, 9.17) is 0 Å². The summed E-state index contributed by atoms with van der Waals surface area (Å²) in [5.74, 6) is -0.347. The largest absolute Gasteiger partial charge is 0.466 e. The van der Waals surface area contributed by atoms with Gasteiger partial charge in [-0.05, 0) is 26.0 Å². The average Bonchev–Trinajstić information content (AvgIpc) is 2.34. The van der Waals surface area contributed by atoms with Gasteiger partial charge in [0.05, 0.1) is 19.3 Å². The molecule has 0 aromatic carbocycles. The van der Waals surface area contributed by atoms with Gasteiger partial charge in [0, 0.05) is 24.5 Å². The Kier molecular flexibility index (Phi) is 5.20. The van der Waals surface area contributed by atoms with Crippen molar-refractivity contribution in [2.75, 3.05) is 13.7 Å². The van der Waals surface area contributed by atoms with Gasteiger partial charge < -0.3 is 9.64 Å². The Morgan fingerprint density at radius 1 is 1.53 bits per heavy atom. The normalized spacial score (nSPS) is 10.5. The first-order valence-corrected chi connectivity index (χ1v) is 5.58. The summed E-state index contributed by atoms with van der Waals surface area (Å²) in [5.41, 5.74) is 1.98. The predicted octanol–water partition coefficient (Wildman–Crippen LogP) is 1.90. The smallest absolute Gasteiger partial charge is 0.331 e. The molecule has 0 amide bonds. The summed E-state index contributed by atoms with van der Waals surface area (Å²) >= 11 is 0. The van der Waals surface area contributed by atoms with Crippen LogP contribution >= 0.6 is 0 Å². The fraction of sp³-hybridized carbons (Fsp3) is 0.385. The van der Waals surface area contributed by atoms with Gasteiger partial charge in [-0.2, -0.15) is 0 Å². The summed E-state index contributed by atoms with van der Waals surface area (Å²) in [4.78, 5) is 17.4. The van der Waals surface area contributed by atoms with E-state index in [9.17, 15) is 4.79 Å². The number of pyridine rings is 1. The highest BCUT2D eigenvalue weighted by molar-refractivity contribution is 5.81. The first-order chi connectivity index (χ1) is 8.15. The van der Waals surface area contributed by atoms with E-state index >= 15 is 0 Å². The highest BCUT2D eigenvalue weighted by atomic mass is 16.5. The van der Waals surface area contributed by atoms with Gasteiger partial charge in [0.2, 0.25) is 0 Å². The number of aromatic nitrogens is 1. The van der Waals surface area contributed by atoms with E-state index in [-0.39, 0.29) is 5.97 Å². The number of esters is 1. The molecule has 0 aliphatic heterocycles. The summed E-state index contributed by atoms with van der Waals surface area (Å²) in [5, 5.41) is 0. The molecule has 0 atom stereocenters. The van der Waals surface area contributed by atoms with E-state index in [0.717, 1.165) is 17.9 Å². The van der Waals surface area contributed by atoms with E-state index in [1.807, 2.05) is 36.9 Å². The molecule has 1 rings (SSSR count). The van der Waals surface area contributed by atoms with E-state index in [1.54, 1.807) is 6.20 Å². The van der Waals surface area contributed by atoms with Gasteiger partial charge in [-0.1, -0.05) is 6.07 Å². The first-order valence-electron chi connectivity index (χ1n) is 5.58. The van der Waals surface area contributed by atoms with Gasteiger partial charge in [-0.3, -0.25) is 4.98 Å². The second-order valence-corrected chi connectivity index (χ2v) is 3.67. The quantitative estimate of drug-likeness (QED) is 0.576. The van der Waals surface area contributed by atoms with Gasteiger partial charge >= 0.3 is 5.97 Å². The molecule has 1 aromatic heterocycles. The predicted molar refractivity (Wildman–Crippen MR) is 66.2 cm³/mol. The molecule has 0 radical (unpaired) electrons. The van der Waals surface area contributed by atoms with Crippen molar-refractivity contribution < 1.29 is 9.53 Å². The molecule has 0 saturated heterocycles. The second-order valence-electron chi connectivity index (χ2n) is 3.67. The molecule has 92 valence electrons. The van der Waals surface area contributed by atoms with Crippen LogP contribution in [-0.4, -0.2) is 29.5 Å². The van der Waals surface area contributed by atoms with Gasteiger partial charge in [0.25, 0.3) is 0 Å². The summed E-state index contributed by atoms with van der Waals surface area (Å²) in [6.45, 7) is 5.48. The summed E-state index contributed by atoms with van der Waals surface area (Å²) in [6.07, 6.45) is 3.15. The Hall–Kier alpha value is -1.84. The van der Waals surface area contributed by atoms with E-state index < -0.39 is 0 Å². The maximum absolute atomic E-state index is 11.0. The minimum Gasteiger partial charge on any atom is -0.466 e. The maximum atomic E-state index is 11.0. The number of nitrogens with zero attached hydrogens (tertiary/aromatic N) is 2. The Morgan fingerprint density at radius 3 is 2.88 bits per heavy atom. The topological polar surface area (TPSA) is 42.4 Å². The molecule has 0 N–H and O–H groups in total. The Bertz CT molecular complexity index is 402. The molecule has 0 bridgehead atoms. The molecule has 0 spiro atoms. The fourth-order valence-corrected chi connectivity index (χ4v) is 1.40. The summed E-state index contributed by atoms with van der Waals surface area (Å²) in [6, 6.07) is 5.92. The average molecular weight is 234 g/mol. The van der Waals surface area contributed by atoms with E-state index in [2.05, 4.69) is 9.72 Å². The standard InChI is InChI=1S/C13H18N2O2/c1-4-15(9-8-13(16)17-3)10-12-7-5-6-11(2)14-12/h5-9H,4,10H2,1-3H3. The van der Waals surface area contributed by atoms with Crippen molar-refractivity contribution in [3.05, 3.63) is 41.9 Å². The zero-order valence-corrected chi connectivity index (χ0v) is 10.5. The number of methoxy groups -OCH3 is 1. The van der Waals surface area contributed by atoms with Crippen LogP contribution < -0.4 is 0 Å². The zero-order chi connectivity index (χ0) is 12.7. The number of hydrogen-bond donors (Lipinski definition) is 0. The lowest BCUT2D eigenvalue weighted by Gasteiger charge is -2.17. The zero-order valence-electron chi connectivity index (χ0n) is 10.5. The molecule has 0 aliphatic carbocycles. The van der Waals surface area contributed by atoms with Crippen molar-refractivity contribution in [1.29, 1.82) is 0 Å². The Labute approximate surface area is 102 Å². The number of carbonyl (C=O) groups is 1. The highest BCUT2D eigenvalue weighted by Crippen LogP contribution is 2.03. The van der Waals surface area contributed by atoms with Crippen LogP contribution in [0, 0.1) is 6.92 Å². The first kappa shape index (κ1) is 13.2. The van der Waals surface area contributed by atoms with E-state index in [1.165, 1.54) is 13.2 Å². The van der Waals surface area contributed by atoms with Crippen molar-refractivity contribution in [2.45, 2.75) is 20.4 Å². The number of carbonyl (C=O) groups excluding carboxylic acids is 1.